The Morgan fingerprint density at radius 1 is 1.35 bits per heavy atom. The van der Waals surface area contributed by atoms with Crippen LogP contribution < -0.4 is 5.32 Å². The first kappa shape index (κ1) is 17.7. The van der Waals surface area contributed by atoms with Gasteiger partial charge in [-0.3, -0.25) is 9.69 Å². The largest absolute Gasteiger partial charge is 0.379 e. The fourth-order valence-electron chi connectivity index (χ4n) is 3.83. The Labute approximate surface area is 159 Å². The average Bonchev–Trinajstić information content (AvgIpc) is 3.06. The van der Waals surface area contributed by atoms with Crippen LogP contribution in [0.5, 0.6) is 0 Å². The van der Waals surface area contributed by atoms with Gasteiger partial charge >= 0.3 is 0 Å². The highest BCUT2D eigenvalue weighted by Crippen LogP contribution is 2.33. The maximum atomic E-state index is 12.8. The van der Waals surface area contributed by atoms with Gasteiger partial charge in [0.15, 0.2) is 0 Å². The van der Waals surface area contributed by atoms with Crippen LogP contribution in [0.2, 0.25) is 0 Å². The number of ether oxygens (including phenoxy) is 1. The van der Waals surface area contributed by atoms with Crippen LogP contribution in [0, 0.1) is 5.92 Å². The van der Waals surface area contributed by atoms with Crippen LogP contribution in [0.25, 0.3) is 0 Å². The fraction of sp³-hybridized carbons (Fsp3) is 0.476. The number of nitrogens with zero attached hydrogens (tertiary/aromatic N) is 1. The summed E-state index contributed by atoms with van der Waals surface area (Å²) in [5.41, 5.74) is 4.25. The van der Waals surface area contributed by atoms with Gasteiger partial charge in [-0.15, -0.1) is 11.3 Å². The summed E-state index contributed by atoms with van der Waals surface area (Å²) < 4.78 is 5.41. The zero-order valence-electron chi connectivity index (χ0n) is 15.3. The molecule has 1 aromatic heterocycles. The molecule has 1 aliphatic heterocycles. The summed E-state index contributed by atoms with van der Waals surface area (Å²) >= 11 is 1.74. The van der Waals surface area contributed by atoms with Gasteiger partial charge in [-0.2, -0.15) is 0 Å². The minimum absolute atomic E-state index is 0.0283. The summed E-state index contributed by atoms with van der Waals surface area (Å²) in [4.78, 5) is 16.6. The molecule has 1 aromatic carbocycles. The highest BCUT2D eigenvalue weighted by Gasteiger charge is 2.23. The fourth-order valence-corrected chi connectivity index (χ4v) is 5.08. The highest BCUT2D eigenvalue weighted by molar-refractivity contribution is 7.10. The van der Waals surface area contributed by atoms with E-state index in [2.05, 4.69) is 29.3 Å². The van der Waals surface area contributed by atoms with Crippen LogP contribution in [-0.4, -0.2) is 37.1 Å². The maximum Gasteiger partial charge on any atom is 0.256 e. The second-order valence-corrected chi connectivity index (χ2v) is 8.41. The third-order valence-corrected chi connectivity index (χ3v) is 6.39. The molecule has 1 atom stereocenters. The summed E-state index contributed by atoms with van der Waals surface area (Å²) in [6.45, 7) is 6.74. The van der Waals surface area contributed by atoms with Crippen molar-refractivity contribution in [1.82, 2.24) is 4.90 Å². The molecule has 0 saturated carbocycles. The van der Waals surface area contributed by atoms with Gasteiger partial charge in [0.05, 0.1) is 18.8 Å². The van der Waals surface area contributed by atoms with Crippen molar-refractivity contribution in [2.75, 3.05) is 31.6 Å². The molecule has 2 heterocycles. The SMILES string of the molecule is CC1CCc2c(C(=O)Nc3cccc(CN4CCOCC4)c3)csc2C1. The Hall–Kier alpha value is -1.69. The van der Waals surface area contributed by atoms with Crippen molar-refractivity contribution in [2.24, 2.45) is 5.92 Å². The monoisotopic (exact) mass is 370 g/mol. The number of rotatable bonds is 4. The molecule has 0 spiro atoms. The van der Waals surface area contributed by atoms with Crippen molar-refractivity contribution in [3.05, 3.63) is 51.2 Å². The van der Waals surface area contributed by atoms with Crippen molar-refractivity contribution in [3.63, 3.8) is 0 Å². The van der Waals surface area contributed by atoms with Gasteiger partial charge in [-0.25, -0.2) is 0 Å². The molecule has 4 nitrogen and oxygen atoms in total. The summed E-state index contributed by atoms with van der Waals surface area (Å²) in [5.74, 6) is 0.759. The summed E-state index contributed by atoms with van der Waals surface area (Å²) in [6, 6.07) is 8.21. The van der Waals surface area contributed by atoms with Gasteiger partial charge in [-0.1, -0.05) is 19.1 Å². The lowest BCUT2D eigenvalue weighted by molar-refractivity contribution is 0.0342. The number of anilines is 1. The van der Waals surface area contributed by atoms with Crippen molar-refractivity contribution in [2.45, 2.75) is 32.7 Å². The predicted octanol–water partition coefficient (Wildman–Crippen LogP) is 3.96. The minimum Gasteiger partial charge on any atom is -0.379 e. The number of thiophene rings is 1. The minimum atomic E-state index is 0.0283. The molecule has 1 saturated heterocycles. The van der Waals surface area contributed by atoms with E-state index in [0.29, 0.717) is 0 Å². The first-order chi connectivity index (χ1) is 12.7. The first-order valence-corrected chi connectivity index (χ1v) is 10.4. The molecule has 1 amide bonds. The van der Waals surface area contributed by atoms with Crippen LogP contribution in [-0.2, 0) is 24.1 Å². The van der Waals surface area contributed by atoms with E-state index in [0.717, 1.165) is 62.9 Å². The molecule has 1 fully saturated rings. The molecule has 138 valence electrons. The molecule has 1 unspecified atom stereocenters. The second-order valence-electron chi connectivity index (χ2n) is 7.44. The van der Waals surface area contributed by atoms with E-state index >= 15 is 0 Å². The molecule has 5 heteroatoms. The lowest BCUT2D eigenvalue weighted by atomic mass is 9.88. The summed E-state index contributed by atoms with van der Waals surface area (Å²) in [5, 5.41) is 5.15. The number of fused-ring (bicyclic) bond motifs is 1. The average molecular weight is 371 g/mol. The molecule has 0 radical (unpaired) electrons. The third kappa shape index (κ3) is 4.00. The molecule has 0 bridgehead atoms. The number of morpholine rings is 1. The normalized spacial score (nSPS) is 20.6. The van der Waals surface area contributed by atoms with Crippen molar-refractivity contribution < 1.29 is 9.53 Å². The number of nitrogens with one attached hydrogen (secondary N) is 1. The second kappa shape index (κ2) is 7.91. The summed E-state index contributed by atoms with van der Waals surface area (Å²) in [7, 11) is 0. The van der Waals surface area contributed by atoms with Gasteiger partial charge in [0.2, 0.25) is 0 Å². The number of benzene rings is 1. The maximum absolute atomic E-state index is 12.8. The van der Waals surface area contributed by atoms with E-state index in [-0.39, 0.29) is 5.91 Å². The van der Waals surface area contributed by atoms with E-state index in [1.807, 2.05) is 17.5 Å². The van der Waals surface area contributed by atoms with Gasteiger partial charge < -0.3 is 10.1 Å². The van der Waals surface area contributed by atoms with Gasteiger partial charge in [0.25, 0.3) is 5.91 Å². The molecular formula is C21H26N2O2S. The Kier molecular flexibility index (Phi) is 5.38. The smallest absolute Gasteiger partial charge is 0.256 e. The molecule has 2 aromatic rings. The van der Waals surface area contributed by atoms with Crippen molar-refractivity contribution in [1.29, 1.82) is 0 Å². The number of hydrogen-bond donors (Lipinski definition) is 1. The van der Waals surface area contributed by atoms with Crippen LogP contribution in [0.1, 0.15) is 39.7 Å². The van der Waals surface area contributed by atoms with Gasteiger partial charge in [0, 0.05) is 35.6 Å². The van der Waals surface area contributed by atoms with Crippen molar-refractivity contribution in [3.8, 4) is 0 Å². The Balaban J connectivity index is 1.44. The molecule has 26 heavy (non-hydrogen) atoms. The highest BCUT2D eigenvalue weighted by atomic mass is 32.1. The zero-order chi connectivity index (χ0) is 17.9. The standard InChI is InChI=1S/C21H26N2O2S/c1-15-5-6-18-19(14-26-20(18)11-15)21(24)22-17-4-2-3-16(12-17)13-23-7-9-25-10-8-23/h2-4,12,14-15H,5-11,13H2,1H3,(H,22,24). The van der Waals surface area contributed by atoms with Crippen LogP contribution in [0.15, 0.2) is 29.6 Å². The van der Waals surface area contributed by atoms with E-state index in [1.165, 1.54) is 22.4 Å². The van der Waals surface area contributed by atoms with Crippen LogP contribution in [0.3, 0.4) is 0 Å². The third-order valence-electron chi connectivity index (χ3n) is 5.34. The number of carbonyl (C=O) groups excluding carboxylic acids is 1. The van der Waals surface area contributed by atoms with Gasteiger partial charge in [0.1, 0.15) is 0 Å². The van der Waals surface area contributed by atoms with E-state index < -0.39 is 0 Å². The quantitative estimate of drug-likeness (QED) is 0.886. The molecular weight excluding hydrogens is 344 g/mol. The lowest BCUT2D eigenvalue weighted by Gasteiger charge is -2.26. The molecule has 1 N–H and O–H groups in total. The van der Waals surface area contributed by atoms with E-state index in [4.69, 9.17) is 4.74 Å². The lowest BCUT2D eigenvalue weighted by Crippen LogP contribution is -2.35. The Morgan fingerprint density at radius 3 is 3.04 bits per heavy atom. The van der Waals surface area contributed by atoms with Crippen LogP contribution in [0.4, 0.5) is 5.69 Å². The molecule has 4 rings (SSSR count). The van der Waals surface area contributed by atoms with E-state index in [9.17, 15) is 4.79 Å². The number of hydrogen-bond acceptors (Lipinski definition) is 4. The van der Waals surface area contributed by atoms with Crippen LogP contribution >= 0.6 is 11.3 Å². The van der Waals surface area contributed by atoms with E-state index in [1.54, 1.807) is 11.3 Å². The number of carbonyl (C=O) groups is 1. The van der Waals surface area contributed by atoms with Gasteiger partial charge in [-0.05, 0) is 48.4 Å². The Morgan fingerprint density at radius 2 is 2.19 bits per heavy atom. The molecule has 2 aliphatic rings. The predicted molar refractivity (Wildman–Crippen MR) is 106 cm³/mol. The first-order valence-electron chi connectivity index (χ1n) is 9.48. The number of amides is 1. The zero-order valence-corrected chi connectivity index (χ0v) is 16.1. The van der Waals surface area contributed by atoms with Crippen molar-refractivity contribution >= 4 is 22.9 Å². The molecule has 1 aliphatic carbocycles. The Bertz CT molecular complexity index is 780. The topological polar surface area (TPSA) is 41.6 Å². The summed E-state index contributed by atoms with van der Waals surface area (Å²) in [6.07, 6.45) is 3.32.